The van der Waals surface area contributed by atoms with Gasteiger partial charge in [-0.3, -0.25) is 0 Å². The van der Waals surface area contributed by atoms with Gasteiger partial charge in [-0.2, -0.15) is 0 Å². The van der Waals surface area contributed by atoms with Crippen LogP contribution in [0, 0.1) is 0 Å². The number of nitrogens with two attached hydrogens (primary N) is 1. The number of hydrogen-bond donors (Lipinski definition) is 2. The standard InChI is InChI=1S/C8H18F2N2/c1-7(11)4-2-3-5-12-6-8(9)10/h7-8,12H,2-6,11H2,1H3. The topological polar surface area (TPSA) is 38.0 Å². The lowest BCUT2D eigenvalue weighted by Crippen LogP contribution is -2.22. The second-order valence-corrected chi connectivity index (χ2v) is 3.07. The monoisotopic (exact) mass is 180 g/mol. The van der Waals surface area contributed by atoms with Crippen LogP contribution in [0.1, 0.15) is 26.2 Å². The van der Waals surface area contributed by atoms with E-state index in [1.807, 2.05) is 6.92 Å². The first-order valence-corrected chi connectivity index (χ1v) is 4.37. The highest BCUT2D eigenvalue weighted by Gasteiger charge is 1.99. The molecule has 4 heteroatoms. The largest absolute Gasteiger partial charge is 0.328 e. The van der Waals surface area contributed by atoms with E-state index < -0.39 is 6.43 Å². The SMILES string of the molecule is CC(N)CCCCNCC(F)F. The molecule has 1 unspecified atom stereocenters. The fourth-order valence-electron chi connectivity index (χ4n) is 0.927. The zero-order chi connectivity index (χ0) is 9.40. The summed E-state index contributed by atoms with van der Waals surface area (Å²) in [5, 5.41) is 2.67. The van der Waals surface area contributed by atoms with Gasteiger partial charge in [0.05, 0.1) is 6.54 Å². The van der Waals surface area contributed by atoms with Crippen LogP contribution in [0.2, 0.25) is 0 Å². The Hall–Kier alpha value is -0.220. The Morgan fingerprint density at radius 2 is 2.00 bits per heavy atom. The molecule has 0 saturated heterocycles. The molecule has 0 aromatic carbocycles. The van der Waals surface area contributed by atoms with Crippen molar-refractivity contribution < 1.29 is 8.78 Å². The van der Waals surface area contributed by atoms with Crippen molar-refractivity contribution in [3.8, 4) is 0 Å². The number of nitrogens with one attached hydrogen (secondary N) is 1. The van der Waals surface area contributed by atoms with Crippen molar-refractivity contribution in [3.05, 3.63) is 0 Å². The van der Waals surface area contributed by atoms with Crippen LogP contribution < -0.4 is 11.1 Å². The normalized spacial score (nSPS) is 13.8. The van der Waals surface area contributed by atoms with Crippen molar-refractivity contribution in [2.75, 3.05) is 13.1 Å². The van der Waals surface area contributed by atoms with Crippen molar-refractivity contribution in [2.45, 2.75) is 38.7 Å². The van der Waals surface area contributed by atoms with Gasteiger partial charge in [0.1, 0.15) is 0 Å². The average molecular weight is 180 g/mol. The van der Waals surface area contributed by atoms with E-state index in [0.717, 1.165) is 19.3 Å². The lowest BCUT2D eigenvalue weighted by atomic mass is 10.1. The van der Waals surface area contributed by atoms with Gasteiger partial charge >= 0.3 is 0 Å². The maximum absolute atomic E-state index is 11.6. The number of alkyl halides is 2. The van der Waals surface area contributed by atoms with E-state index in [2.05, 4.69) is 5.32 Å². The molecule has 0 aromatic heterocycles. The molecule has 12 heavy (non-hydrogen) atoms. The molecule has 0 amide bonds. The molecule has 0 fully saturated rings. The molecule has 0 aromatic rings. The van der Waals surface area contributed by atoms with E-state index in [1.54, 1.807) is 0 Å². The minimum Gasteiger partial charge on any atom is -0.328 e. The second kappa shape index (κ2) is 7.43. The molecule has 3 N–H and O–H groups in total. The third kappa shape index (κ3) is 9.78. The fraction of sp³-hybridized carbons (Fsp3) is 1.00. The summed E-state index contributed by atoms with van der Waals surface area (Å²) in [4.78, 5) is 0. The van der Waals surface area contributed by atoms with Crippen molar-refractivity contribution >= 4 is 0 Å². The van der Waals surface area contributed by atoms with E-state index in [9.17, 15) is 8.78 Å². The summed E-state index contributed by atoms with van der Waals surface area (Å²) in [6.07, 6.45) is 0.664. The summed E-state index contributed by atoms with van der Waals surface area (Å²) in [5.41, 5.74) is 5.51. The highest BCUT2D eigenvalue weighted by molar-refractivity contribution is 4.55. The van der Waals surface area contributed by atoms with Gasteiger partial charge < -0.3 is 11.1 Å². The van der Waals surface area contributed by atoms with Crippen molar-refractivity contribution in [2.24, 2.45) is 5.73 Å². The average Bonchev–Trinajstić information content (AvgIpc) is 1.95. The lowest BCUT2D eigenvalue weighted by Gasteiger charge is -2.05. The fourth-order valence-corrected chi connectivity index (χ4v) is 0.927. The van der Waals surface area contributed by atoms with Crippen LogP contribution in [-0.2, 0) is 0 Å². The predicted molar refractivity (Wildman–Crippen MR) is 46.4 cm³/mol. The lowest BCUT2D eigenvalue weighted by molar-refractivity contribution is 0.146. The van der Waals surface area contributed by atoms with Gasteiger partial charge in [-0.05, 0) is 26.3 Å². The number of unbranched alkanes of at least 4 members (excludes halogenated alkanes) is 1. The first-order chi connectivity index (χ1) is 5.63. The van der Waals surface area contributed by atoms with E-state index in [0.29, 0.717) is 6.54 Å². The van der Waals surface area contributed by atoms with Gasteiger partial charge in [-0.25, -0.2) is 8.78 Å². The summed E-state index contributed by atoms with van der Waals surface area (Å²) >= 11 is 0. The van der Waals surface area contributed by atoms with Crippen LogP contribution in [-0.4, -0.2) is 25.6 Å². The van der Waals surface area contributed by atoms with Gasteiger partial charge in [0, 0.05) is 6.04 Å². The van der Waals surface area contributed by atoms with Gasteiger partial charge in [0.15, 0.2) is 0 Å². The summed E-state index contributed by atoms with van der Waals surface area (Å²) in [6.45, 7) is 2.42. The zero-order valence-corrected chi connectivity index (χ0v) is 7.52. The van der Waals surface area contributed by atoms with Crippen LogP contribution in [0.3, 0.4) is 0 Å². The molecular formula is C8H18F2N2. The molecule has 0 bridgehead atoms. The predicted octanol–water partition coefficient (Wildman–Crippen LogP) is 1.36. The smallest absolute Gasteiger partial charge is 0.250 e. The molecule has 0 spiro atoms. The molecule has 0 rings (SSSR count). The Kier molecular flexibility index (Phi) is 7.29. The van der Waals surface area contributed by atoms with Gasteiger partial charge in [-0.15, -0.1) is 0 Å². The minimum atomic E-state index is -2.24. The first kappa shape index (κ1) is 11.8. The Morgan fingerprint density at radius 1 is 1.33 bits per heavy atom. The summed E-state index contributed by atoms with van der Waals surface area (Å²) in [5.74, 6) is 0. The van der Waals surface area contributed by atoms with Crippen molar-refractivity contribution in [1.82, 2.24) is 5.32 Å². The Labute approximate surface area is 72.5 Å². The first-order valence-electron chi connectivity index (χ1n) is 4.37. The minimum absolute atomic E-state index is 0.196. The highest BCUT2D eigenvalue weighted by atomic mass is 19.3. The molecule has 0 aliphatic carbocycles. The van der Waals surface area contributed by atoms with Crippen LogP contribution in [0.4, 0.5) is 8.78 Å². The third-order valence-electron chi connectivity index (χ3n) is 1.56. The van der Waals surface area contributed by atoms with Gasteiger partial charge in [-0.1, -0.05) is 6.42 Å². The molecule has 1 atom stereocenters. The molecule has 2 nitrogen and oxygen atoms in total. The van der Waals surface area contributed by atoms with E-state index in [1.165, 1.54) is 0 Å². The van der Waals surface area contributed by atoms with Crippen LogP contribution in [0.25, 0.3) is 0 Å². The van der Waals surface area contributed by atoms with E-state index in [-0.39, 0.29) is 12.6 Å². The second-order valence-electron chi connectivity index (χ2n) is 3.07. The Morgan fingerprint density at radius 3 is 2.50 bits per heavy atom. The Balaban J connectivity index is 2.91. The molecular weight excluding hydrogens is 162 g/mol. The molecule has 0 heterocycles. The van der Waals surface area contributed by atoms with E-state index in [4.69, 9.17) is 5.73 Å². The summed E-state index contributed by atoms with van der Waals surface area (Å²) in [6, 6.07) is 0.222. The molecule has 74 valence electrons. The maximum Gasteiger partial charge on any atom is 0.250 e. The van der Waals surface area contributed by atoms with Crippen LogP contribution >= 0.6 is 0 Å². The van der Waals surface area contributed by atoms with Crippen molar-refractivity contribution in [3.63, 3.8) is 0 Å². The van der Waals surface area contributed by atoms with Gasteiger partial charge in [0.2, 0.25) is 0 Å². The number of hydrogen-bond acceptors (Lipinski definition) is 2. The Bertz CT molecular complexity index is 85.1. The number of rotatable bonds is 7. The highest BCUT2D eigenvalue weighted by Crippen LogP contribution is 1.97. The van der Waals surface area contributed by atoms with Gasteiger partial charge in [0.25, 0.3) is 6.43 Å². The maximum atomic E-state index is 11.6. The molecule has 0 aliphatic heterocycles. The summed E-state index contributed by atoms with van der Waals surface area (Å²) < 4.78 is 23.2. The molecule has 0 radical (unpaired) electrons. The molecule has 0 saturated carbocycles. The molecule has 0 aliphatic rings. The van der Waals surface area contributed by atoms with Crippen LogP contribution in [0.15, 0.2) is 0 Å². The summed E-state index contributed by atoms with van der Waals surface area (Å²) in [7, 11) is 0. The van der Waals surface area contributed by atoms with E-state index >= 15 is 0 Å². The zero-order valence-electron chi connectivity index (χ0n) is 7.52. The van der Waals surface area contributed by atoms with Crippen LogP contribution in [0.5, 0.6) is 0 Å². The third-order valence-corrected chi connectivity index (χ3v) is 1.56. The number of halogens is 2. The quantitative estimate of drug-likeness (QED) is 0.580. The van der Waals surface area contributed by atoms with Crippen molar-refractivity contribution in [1.29, 1.82) is 0 Å².